The molecular weight excluding hydrogens is 254 g/mol. The summed E-state index contributed by atoms with van der Waals surface area (Å²) < 4.78 is 5.09. The predicted octanol–water partition coefficient (Wildman–Crippen LogP) is 2.41. The summed E-state index contributed by atoms with van der Waals surface area (Å²) in [5.41, 5.74) is 1.57. The molecule has 108 valence electrons. The minimum absolute atomic E-state index is 0.1000. The van der Waals surface area contributed by atoms with Crippen molar-refractivity contribution >= 4 is 11.9 Å². The second kappa shape index (κ2) is 6.55. The van der Waals surface area contributed by atoms with Crippen molar-refractivity contribution in [1.29, 1.82) is 0 Å². The molecule has 1 heterocycles. The second-order valence-electron chi connectivity index (χ2n) is 5.53. The van der Waals surface area contributed by atoms with Gasteiger partial charge in [0.2, 0.25) is 0 Å². The third-order valence-corrected chi connectivity index (χ3v) is 3.62. The minimum atomic E-state index is -0.441. The molecule has 20 heavy (non-hydrogen) atoms. The number of piperidine rings is 1. The van der Waals surface area contributed by atoms with Gasteiger partial charge in [-0.1, -0.05) is 24.6 Å². The van der Waals surface area contributed by atoms with Crippen molar-refractivity contribution in [3.63, 3.8) is 0 Å². The van der Waals surface area contributed by atoms with Crippen LogP contribution in [0.1, 0.15) is 35.7 Å². The molecule has 1 aromatic carbocycles. The van der Waals surface area contributed by atoms with E-state index in [2.05, 4.69) is 6.92 Å². The van der Waals surface area contributed by atoms with Gasteiger partial charge in [-0.3, -0.25) is 4.79 Å². The number of carbonyl (C=O) groups excluding carboxylic acids is 2. The minimum Gasteiger partial charge on any atom is -0.452 e. The number of hydrogen-bond acceptors (Lipinski definition) is 3. The number of esters is 1. The largest absolute Gasteiger partial charge is 0.452 e. The van der Waals surface area contributed by atoms with Gasteiger partial charge in [-0.2, -0.15) is 0 Å². The SMILES string of the molecule is Cc1ccc(C(=O)OCC(=O)N2CCC[C@@H](C)C2)cc1. The molecular formula is C16H21NO3. The quantitative estimate of drug-likeness (QED) is 0.796. The number of likely N-dealkylation sites (tertiary alicyclic amines) is 1. The zero-order chi connectivity index (χ0) is 14.5. The first-order valence-electron chi connectivity index (χ1n) is 7.08. The Morgan fingerprint density at radius 2 is 2.00 bits per heavy atom. The second-order valence-corrected chi connectivity index (χ2v) is 5.53. The molecule has 0 radical (unpaired) electrons. The molecule has 0 unspecified atom stereocenters. The summed E-state index contributed by atoms with van der Waals surface area (Å²) in [6, 6.07) is 7.13. The summed E-state index contributed by atoms with van der Waals surface area (Å²) in [6.07, 6.45) is 2.19. The predicted molar refractivity (Wildman–Crippen MR) is 76.4 cm³/mol. The van der Waals surface area contributed by atoms with E-state index in [0.717, 1.165) is 31.5 Å². The van der Waals surface area contributed by atoms with Crippen LogP contribution >= 0.6 is 0 Å². The Kier molecular flexibility index (Phi) is 4.77. The Bertz CT molecular complexity index is 481. The van der Waals surface area contributed by atoms with E-state index in [1.165, 1.54) is 0 Å². The molecule has 1 amide bonds. The van der Waals surface area contributed by atoms with Crippen LogP contribution in [0.2, 0.25) is 0 Å². The van der Waals surface area contributed by atoms with E-state index in [9.17, 15) is 9.59 Å². The lowest BCUT2D eigenvalue weighted by Crippen LogP contribution is -2.41. The van der Waals surface area contributed by atoms with E-state index < -0.39 is 5.97 Å². The van der Waals surface area contributed by atoms with Gasteiger partial charge in [-0.05, 0) is 37.8 Å². The van der Waals surface area contributed by atoms with Crippen LogP contribution in [0.25, 0.3) is 0 Å². The maximum Gasteiger partial charge on any atom is 0.338 e. The zero-order valence-electron chi connectivity index (χ0n) is 12.1. The third kappa shape index (κ3) is 3.83. The smallest absolute Gasteiger partial charge is 0.338 e. The Balaban J connectivity index is 1.83. The number of nitrogens with zero attached hydrogens (tertiary/aromatic N) is 1. The summed E-state index contributed by atoms with van der Waals surface area (Å²) in [4.78, 5) is 25.6. The van der Waals surface area contributed by atoms with Crippen LogP contribution in [0, 0.1) is 12.8 Å². The van der Waals surface area contributed by atoms with Crippen molar-refractivity contribution in [2.75, 3.05) is 19.7 Å². The fraction of sp³-hybridized carbons (Fsp3) is 0.500. The van der Waals surface area contributed by atoms with Gasteiger partial charge < -0.3 is 9.64 Å². The number of ether oxygens (including phenoxy) is 1. The average Bonchev–Trinajstić information content (AvgIpc) is 2.45. The average molecular weight is 275 g/mol. The fourth-order valence-corrected chi connectivity index (χ4v) is 2.41. The monoisotopic (exact) mass is 275 g/mol. The van der Waals surface area contributed by atoms with Crippen LogP contribution in [0.4, 0.5) is 0 Å². The van der Waals surface area contributed by atoms with Crippen LogP contribution in [-0.4, -0.2) is 36.5 Å². The topological polar surface area (TPSA) is 46.6 Å². The highest BCUT2D eigenvalue weighted by molar-refractivity contribution is 5.91. The molecule has 0 bridgehead atoms. The third-order valence-electron chi connectivity index (χ3n) is 3.62. The molecule has 0 aromatic heterocycles. The van der Waals surface area contributed by atoms with Crippen molar-refractivity contribution in [3.8, 4) is 0 Å². The molecule has 2 rings (SSSR count). The summed E-state index contributed by atoms with van der Waals surface area (Å²) >= 11 is 0. The van der Waals surface area contributed by atoms with Gasteiger partial charge in [0.05, 0.1) is 5.56 Å². The van der Waals surface area contributed by atoms with Crippen LogP contribution in [0.3, 0.4) is 0 Å². The highest BCUT2D eigenvalue weighted by atomic mass is 16.5. The van der Waals surface area contributed by atoms with E-state index in [1.54, 1.807) is 17.0 Å². The summed E-state index contributed by atoms with van der Waals surface area (Å²) in [7, 11) is 0. The van der Waals surface area contributed by atoms with Crippen LogP contribution in [-0.2, 0) is 9.53 Å². The number of rotatable bonds is 3. The van der Waals surface area contributed by atoms with Gasteiger partial charge in [-0.15, -0.1) is 0 Å². The van der Waals surface area contributed by atoms with Gasteiger partial charge in [0, 0.05) is 13.1 Å². The van der Waals surface area contributed by atoms with Gasteiger partial charge in [0.15, 0.2) is 6.61 Å². The molecule has 0 saturated carbocycles. The van der Waals surface area contributed by atoms with Crippen LogP contribution in [0.5, 0.6) is 0 Å². The fourth-order valence-electron chi connectivity index (χ4n) is 2.41. The van der Waals surface area contributed by atoms with Crippen molar-refractivity contribution in [2.45, 2.75) is 26.7 Å². The van der Waals surface area contributed by atoms with E-state index in [1.807, 2.05) is 19.1 Å². The van der Waals surface area contributed by atoms with E-state index >= 15 is 0 Å². The highest BCUT2D eigenvalue weighted by Crippen LogP contribution is 2.15. The lowest BCUT2D eigenvalue weighted by molar-refractivity contribution is -0.136. The van der Waals surface area contributed by atoms with Crippen LogP contribution < -0.4 is 0 Å². The molecule has 1 saturated heterocycles. The van der Waals surface area contributed by atoms with Crippen molar-refractivity contribution in [3.05, 3.63) is 35.4 Å². The molecule has 1 aliphatic heterocycles. The zero-order valence-corrected chi connectivity index (χ0v) is 12.1. The van der Waals surface area contributed by atoms with E-state index in [4.69, 9.17) is 4.74 Å². The Morgan fingerprint density at radius 1 is 1.30 bits per heavy atom. The summed E-state index contributed by atoms with van der Waals surface area (Å²) in [6.45, 7) is 5.46. The van der Waals surface area contributed by atoms with Gasteiger partial charge in [-0.25, -0.2) is 4.79 Å². The lowest BCUT2D eigenvalue weighted by Gasteiger charge is -2.30. The Morgan fingerprint density at radius 3 is 2.65 bits per heavy atom. The number of aryl methyl sites for hydroxylation is 1. The highest BCUT2D eigenvalue weighted by Gasteiger charge is 2.21. The summed E-state index contributed by atoms with van der Waals surface area (Å²) in [5.74, 6) is -0.0130. The molecule has 1 atom stereocenters. The Hall–Kier alpha value is -1.84. The van der Waals surface area contributed by atoms with Crippen molar-refractivity contribution in [2.24, 2.45) is 5.92 Å². The Labute approximate surface area is 119 Å². The van der Waals surface area contributed by atoms with Gasteiger partial charge in [0.1, 0.15) is 0 Å². The maximum absolute atomic E-state index is 12.0. The molecule has 0 N–H and O–H groups in total. The van der Waals surface area contributed by atoms with Gasteiger partial charge in [0.25, 0.3) is 5.91 Å². The molecule has 0 aliphatic carbocycles. The normalized spacial score (nSPS) is 18.7. The van der Waals surface area contributed by atoms with E-state index in [-0.39, 0.29) is 12.5 Å². The molecule has 1 aromatic rings. The van der Waals surface area contributed by atoms with Crippen molar-refractivity contribution in [1.82, 2.24) is 4.90 Å². The maximum atomic E-state index is 12.0. The molecule has 0 spiro atoms. The number of hydrogen-bond donors (Lipinski definition) is 0. The number of carbonyl (C=O) groups is 2. The van der Waals surface area contributed by atoms with Crippen molar-refractivity contribution < 1.29 is 14.3 Å². The van der Waals surface area contributed by atoms with Crippen LogP contribution in [0.15, 0.2) is 24.3 Å². The first kappa shape index (κ1) is 14.6. The standard InChI is InChI=1S/C16H21NO3/c1-12-5-7-14(8-6-12)16(19)20-11-15(18)17-9-3-4-13(2)10-17/h5-8,13H,3-4,9-11H2,1-2H3/t13-/m1/s1. The first-order chi connectivity index (χ1) is 9.56. The lowest BCUT2D eigenvalue weighted by atomic mass is 10.0. The molecule has 1 aliphatic rings. The first-order valence-corrected chi connectivity index (χ1v) is 7.08. The number of benzene rings is 1. The molecule has 1 fully saturated rings. The molecule has 4 heteroatoms. The van der Waals surface area contributed by atoms with Gasteiger partial charge >= 0.3 is 5.97 Å². The molecule has 4 nitrogen and oxygen atoms in total. The number of amides is 1. The summed E-state index contributed by atoms with van der Waals surface area (Å²) in [5, 5.41) is 0. The van der Waals surface area contributed by atoms with E-state index in [0.29, 0.717) is 11.5 Å².